The van der Waals surface area contributed by atoms with Gasteiger partial charge in [0, 0.05) is 6.20 Å². The van der Waals surface area contributed by atoms with Gasteiger partial charge in [0.15, 0.2) is 0 Å². The summed E-state index contributed by atoms with van der Waals surface area (Å²) in [6.45, 7) is 7.84. The van der Waals surface area contributed by atoms with Gasteiger partial charge in [0.05, 0.1) is 18.2 Å². The number of carbonyl (C=O) groups excluding carboxylic acids is 1. The van der Waals surface area contributed by atoms with Gasteiger partial charge in [-0.05, 0) is 49.6 Å². The Kier molecular flexibility index (Phi) is 5.04. The van der Waals surface area contributed by atoms with Crippen LogP contribution in [0.2, 0.25) is 0 Å². The van der Waals surface area contributed by atoms with Crippen molar-refractivity contribution in [3.63, 3.8) is 0 Å². The molecule has 2 rings (SSSR count). The number of benzene rings is 1. The van der Waals surface area contributed by atoms with E-state index < -0.39 is 5.60 Å². The molecule has 0 aliphatic rings. The Morgan fingerprint density at radius 2 is 1.91 bits per heavy atom. The van der Waals surface area contributed by atoms with E-state index in [9.17, 15) is 4.79 Å². The lowest BCUT2D eigenvalue weighted by Crippen LogP contribution is -2.26. The predicted octanol–water partition coefficient (Wildman–Crippen LogP) is 4.31. The molecule has 122 valence electrons. The molecule has 1 aromatic carbocycles. The van der Waals surface area contributed by atoms with Crippen molar-refractivity contribution in [3.05, 3.63) is 59.3 Å². The minimum Gasteiger partial charge on any atom is -0.481 e. The SMILES string of the molecule is COc1ncccc1C(C)(C)OC(=O)c1cccc(C(C)C)c1. The van der Waals surface area contributed by atoms with Crippen LogP contribution >= 0.6 is 0 Å². The molecule has 0 fully saturated rings. The predicted molar refractivity (Wildman–Crippen MR) is 89.8 cm³/mol. The molecule has 0 bridgehead atoms. The maximum atomic E-state index is 12.5. The number of rotatable bonds is 5. The van der Waals surface area contributed by atoms with E-state index in [4.69, 9.17) is 9.47 Å². The lowest BCUT2D eigenvalue weighted by Gasteiger charge is -2.26. The second kappa shape index (κ2) is 6.82. The third-order valence-electron chi connectivity index (χ3n) is 3.75. The summed E-state index contributed by atoms with van der Waals surface area (Å²) in [6.07, 6.45) is 1.65. The van der Waals surface area contributed by atoms with Crippen molar-refractivity contribution in [1.82, 2.24) is 4.98 Å². The molecule has 4 heteroatoms. The number of hydrogen-bond acceptors (Lipinski definition) is 4. The van der Waals surface area contributed by atoms with Gasteiger partial charge in [0.1, 0.15) is 5.60 Å². The third kappa shape index (κ3) is 3.89. The van der Waals surface area contributed by atoms with Gasteiger partial charge in [-0.2, -0.15) is 0 Å². The summed E-state index contributed by atoms with van der Waals surface area (Å²) in [5, 5.41) is 0. The molecular formula is C19H23NO3. The maximum absolute atomic E-state index is 12.5. The van der Waals surface area contributed by atoms with E-state index in [1.54, 1.807) is 25.4 Å². The third-order valence-corrected chi connectivity index (χ3v) is 3.75. The molecule has 1 heterocycles. The van der Waals surface area contributed by atoms with Crippen molar-refractivity contribution in [2.24, 2.45) is 0 Å². The summed E-state index contributed by atoms with van der Waals surface area (Å²) >= 11 is 0. The number of aromatic nitrogens is 1. The zero-order valence-corrected chi connectivity index (χ0v) is 14.3. The summed E-state index contributed by atoms with van der Waals surface area (Å²) in [4.78, 5) is 16.7. The Hall–Kier alpha value is -2.36. The number of carbonyl (C=O) groups is 1. The molecule has 0 aliphatic carbocycles. The number of esters is 1. The van der Waals surface area contributed by atoms with E-state index >= 15 is 0 Å². The normalized spacial score (nSPS) is 11.4. The molecule has 0 atom stereocenters. The van der Waals surface area contributed by atoms with Gasteiger partial charge in [-0.15, -0.1) is 0 Å². The first-order valence-corrected chi connectivity index (χ1v) is 7.68. The fourth-order valence-electron chi connectivity index (χ4n) is 2.38. The van der Waals surface area contributed by atoms with Gasteiger partial charge >= 0.3 is 5.97 Å². The van der Waals surface area contributed by atoms with Crippen LogP contribution in [0.4, 0.5) is 0 Å². The highest BCUT2D eigenvalue weighted by Crippen LogP contribution is 2.32. The minimum atomic E-state index is -0.843. The molecule has 0 unspecified atom stereocenters. The van der Waals surface area contributed by atoms with Crippen molar-refractivity contribution < 1.29 is 14.3 Å². The lowest BCUT2D eigenvalue weighted by atomic mass is 9.98. The van der Waals surface area contributed by atoms with Gasteiger partial charge in [0.2, 0.25) is 5.88 Å². The first-order valence-electron chi connectivity index (χ1n) is 7.68. The van der Waals surface area contributed by atoms with Gasteiger partial charge in [-0.1, -0.05) is 26.0 Å². The van der Waals surface area contributed by atoms with Gasteiger partial charge in [-0.25, -0.2) is 9.78 Å². The summed E-state index contributed by atoms with van der Waals surface area (Å²) in [5.74, 6) is 0.457. The van der Waals surface area contributed by atoms with Gasteiger partial charge in [-0.3, -0.25) is 0 Å². The molecule has 0 spiro atoms. The average molecular weight is 313 g/mol. The number of pyridine rings is 1. The number of ether oxygens (including phenoxy) is 2. The van der Waals surface area contributed by atoms with E-state index in [1.165, 1.54) is 0 Å². The molecule has 0 aliphatic heterocycles. The quantitative estimate of drug-likeness (QED) is 0.772. The van der Waals surface area contributed by atoms with Crippen molar-refractivity contribution in [1.29, 1.82) is 0 Å². The van der Waals surface area contributed by atoms with E-state index in [0.29, 0.717) is 17.4 Å². The largest absolute Gasteiger partial charge is 0.481 e. The topological polar surface area (TPSA) is 48.4 Å². The molecule has 1 aromatic heterocycles. The van der Waals surface area contributed by atoms with E-state index in [2.05, 4.69) is 18.8 Å². The number of nitrogens with zero attached hydrogens (tertiary/aromatic N) is 1. The zero-order valence-electron chi connectivity index (χ0n) is 14.3. The molecular weight excluding hydrogens is 290 g/mol. The molecule has 23 heavy (non-hydrogen) atoms. The van der Waals surface area contributed by atoms with Crippen LogP contribution in [-0.4, -0.2) is 18.1 Å². The summed E-state index contributed by atoms with van der Waals surface area (Å²) < 4.78 is 11.0. The van der Waals surface area contributed by atoms with Crippen molar-refractivity contribution in [3.8, 4) is 5.88 Å². The second-order valence-electron chi connectivity index (χ2n) is 6.24. The Balaban J connectivity index is 2.26. The molecule has 2 aromatic rings. The van der Waals surface area contributed by atoms with Crippen LogP contribution in [0.3, 0.4) is 0 Å². The Labute approximate surface area is 137 Å². The first-order chi connectivity index (χ1) is 10.8. The zero-order chi connectivity index (χ0) is 17.0. The summed E-state index contributed by atoms with van der Waals surface area (Å²) in [5.41, 5.74) is 1.55. The maximum Gasteiger partial charge on any atom is 0.339 e. The van der Waals surface area contributed by atoms with Crippen LogP contribution in [0, 0.1) is 0 Å². The fraction of sp³-hybridized carbons (Fsp3) is 0.368. The Morgan fingerprint density at radius 1 is 1.17 bits per heavy atom. The van der Waals surface area contributed by atoms with Crippen LogP contribution in [0.25, 0.3) is 0 Å². The van der Waals surface area contributed by atoms with Crippen LogP contribution in [0.1, 0.15) is 55.1 Å². The lowest BCUT2D eigenvalue weighted by molar-refractivity contribution is -0.00421. The van der Waals surface area contributed by atoms with Crippen molar-refractivity contribution in [2.45, 2.75) is 39.2 Å². The minimum absolute atomic E-state index is 0.356. The molecule has 0 saturated carbocycles. The average Bonchev–Trinajstić information content (AvgIpc) is 2.54. The summed E-state index contributed by atoms with van der Waals surface area (Å²) in [6, 6.07) is 11.2. The van der Waals surface area contributed by atoms with Crippen molar-refractivity contribution >= 4 is 5.97 Å². The van der Waals surface area contributed by atoms with E-state index in [0.717, 1.165) is 11.1 Å². The fourth-order valence-corrected chi connectivity index (χ4v) is 2.38. The molecule has 0 radical (unpaired) electrons. The molecule has 0 amide bonds. The first kappa shape index (κ1) is 17.0. The highest BCUT2D eigenvalue weighted by atomic mass is 16.6. The van der Waals surface area contributed by atoms with Crippen molar-refractivity contribution in [2.75, 3.05) is 7.11 Å². The smallest absolute Gasteiger partial charge is 0.339 e. The van der Waals surface area contributed by atoms with Crippen LogP contribution in [0.15, 0.2) is 42.6 Å². The monoisotopic (exact) mass is 313 g/mol. The Morgan fingerprint density at radius 3 is 2.57 bits per heavy atom. The van der Waals surface area contributed by atoms with Gasteiger partial charge < -0.3 is 9.47 Å². The standard InChI is InChI=1S/C19H23NO3/c1-13(2)14-8-6-9-15(12-14)18(21)23-19(3,4)16-10-7-11-20-17(16)22-5/h6-13H,1-5H3. The summed E-state index contributed by atoms with van der Waals surface area (Å²) in [7, 11) is 1.55. The second-order valence-corrected chi connectivity index (χ2v) is 6.24. The van der Waals surface area contributed by atoms with Crippen LogP contribution < -0.4 is 4.74 Å². The highest BCUT2D eigenvalue weighted by Gasteiger charge is 2.30. The van der Waals surface area contributed by atoms with Gasteiger partial charge in [0.25, 0.3) is 0 Å². The molecule has 0 N–H and O–H groups in total. The van der Waals surface area contributed by atoms with E-state index in [-0.39, 0.29) is 5.97 Å². The number of methoxy groups -OCH3 is 1. The molecule has 0 saturated heterocycles. The van der Waals surface area contributed by atoms with Crippen LogP contribution in [-0.2, 0) is 10.3 Å². The number of hydrogen-bond donors (Lipinski definition) is 0. The van der Waals surface area contributed by atoms with E-state index in [1.807, 2.05) is 38.1 Å². The van der Waals surface area contributed by atoms with Crippen LogP contribution in [0.5, 0.6) is 5.88 Å². The molecule has 4 nitrogen and oxygen atoms in total. The Bertz CT molecular complexity index is 693. The highest BCUT2D eigenvalue weighted by molar-refractivity contribution is 5.90.